The lowest BCUT2D eigenvalue weighted by atomic mass is 10.1. The molecule has 2 fully saturated rings. The Balaban J connectivity index is 1.47. The van der Waals surface area contributed by atoms with Gasteiger partial charge in [0.1, 0.15) is 11.2 Å². The smallest absolute Gasteiger partial charge is 0.274 e. The van der Waals surface area contributed by atoms with E-state index in [9.17, 15) is 4.79 Å². The zero-order valence-electron chi connectivity index (χ0n) is 14.7. The van der Waals surface area contributed by atoms with Crippen LogP contribution in [0.5, 0.6) is 0 Å². The molecule has 1 aliphatic carbocycles. The van der Waals surface area contributed by atoms with Gasteiger partial charge in [0.15, 0.2) is 12.0 Å². The summed E-state index contributed by atoms with van der Waals surface area (Å²) < 4.78 is 10.8. The number of amides is 1. The van der Waals surface area contributed by atoms with Gasteiger partial charge in [-0.05, 0) is 55.9 Å². The lowest BCUT2D eigenvalue weighted by molar-refractivity contribution is -0.115. The second-order valence-corrected chi connectivity index (χ2v) is 6.71. The molecule has 0 spiro atoms. The Bertz CT molecular complexity index is 871. The van der Waals surface area contributed by atoms with Crippen LogP contribution in [0.15, 0.2) is 39.7 Å². The number of carbonyl (C=O) groups is 1. The molecule has 2 heterocycles. The van der Waals surface area contributed by atoms with Gasteiger partial charge in [-0.3, -0.25) is 10.1 Å². The maximum atomic E-state index is 12.2. The molecule has 1 aromatic heterocycles. The van der Waals surface area contributed by atoms with E-state index in [1.54, 1.807) is 13.2 Å². The number of benzene rings is 1. The SMILES string of the molecule is COC1CCCC(N=C2NC(=O)/C(=C/c3ccc4ncoc4c3)N2)CC1. The molecule has 0 radical (unpaired) electrons. The van der Waals surface area contributed by atoms with Crippen molar-refractivity contribution in [3.8, 4) is 0 Å². The van der Waals surface area contributed by atoms with Crippen molar-refractivity contribution < 1.29 is 13.9 Å². The van der Waals surface area contributed by atoms with Gasteiger partial charge in [0.25, 0.3) is 5.91 Å². The molecule has 1 saturated heterocycles. The molecule has 136 valence electrons. The fraction of sp³-hybridized carbons (Fsp3) is 0.421. The van der Waals surface area contributed by atoms with Crippen molar-refractivity contribution >= 4 is 29.0 Å². The van der Waals surface area contributed by atoms with Gasteiger partial charge >= 0.3 is 0 Å². The number of rotatable bonds is 3. The maximum absolute atomic E-state index is 12.2. The van der Waals surface area contributed by atoms with Crippen LogP contribution in [0.3, 0.4) is 0 Å². The van der Waals surface area contributed by atoms with Crippen molar-refractivity contribution in [1.82, 2.24) is 15.6 Å². The van der Waals surface area contributed by atoms with Gasteiger partial charge in [-0.25, -0.2) is 9.98 Å². The Hall–Kier alpha value is -2.67. The molecule has 2 N–H and O–H groups in total. The molecule has 26 heavy (non-hydrogen) atoms. The molecule has 0 bridgehead atoms. The highest BCUT2D eigenvalue weighted by molar-refractivity contribution is 6.15. The summed E-state index contributed by atoms with van der Waals surface area (Å²) in [6, 6.07) is 5.83. The van der Waals surface area contributed by atoms with E-state index < -0.39 is 0 Å². The number of hydrogen-bond donors (Lipinski definition) is 2. The lowest BCUT2D eigenvalue weighted by Crippen LogP contribution is -2.27. The molecule has 1 aromatic carbocycles. The van der Waals surface area contributed by atoms with Crippen LogP contribution in [0.2, 0.25) is 0 Å². The Morgan fingerprint density at radius 1 is 1.27 bits per heavy atom. The van der Waals surface area contributed by atoms with E-state index in [-0.39, 0.29) is 11.9 Å². The second-order valence-electron chi connectivity index (χ2n) is 6.71. The largest absolute Gasteiger partial charge is 0.443 e. The van der Waals surface area contributed by atoms with E-state index >= 15 is 0 Å². The van der Waals surface area contributed by atoms with Crippen LogP contribution in [0.1, 0.15) is 37.7 Å². The minimum Gasteiger partial charge on any atom is -0.443 e. The number of nitrogens with one attached hydrogen (secondary N) is 2. The van der Waals surface area contributed by atoms with Crippen LogP contribution in [0, 0.1) is 0 Å². The van der Waals surface area contributed by atoms with E-state index in [0.29, 0.717) is 23.3 Å². The van der Waals surface area contributed by atoms with Crippen LogP contribution >= 0.6 is 0 Å². The molecule has 1 saturated carbocycles. The number of nitrogens with zero attached hydrogens (tertiary/aromatic N) is 2. The Morgan fingerprint density at radius 3 is 3.08 bits per heavy atom. The normalized spacial score (nSPS) is 26.9. The molecular weight excluding hydrogens is 332 g/mol. The Kier molecular flexibility index (Phi) is 4.71. The molecule has 2 atom stereocenters. The average molecular weight is 354 g/mol. The molecule has 2 aromatic rings. The van der Waals surface area contributed by atoms with Crippen molar-refractivity contribution in [3.05, 3.63) is 35.9 Å². The van der Waals surface area contributed by atoms with Gasteiger partial charge in [0.2, 0.25) is 5.96 Å². The van der Waals surface area contributed by atoms with Crippen molar-refractivity contribution in [3.63, 3.8) is 0 Å². The summed E-state index contributed by atoms with van der Waals surface area (Å²) in [5.41, 5.74) is 2.83. The number of oxazole rings is 1. The van der Waals surface area contributed by atoms with Crippen LogP contribution in [0.25, 0.3) is 17.2 Å². The van der Waals surface area contributed by atoms with E-state index in [1.165, 1.54) is 6.39 Å². The number of aromatic nitrogens is 1. The summed E-state index contributed by atoms with van der Waals surface area (Å²) in [6.45, 7) is 0. The fourth-order valence-corrected chi connectivity index (χ4v) is 3.48. The third kappa shape index (κ3) is 3.62. The monoisotopic (exact) mass is 354 g/mol. The van der Waals surface area contributed by atoms with Gasteiger partial charge in [-0.1, -0.05) is 6.07 Å². The predicted molar refractivity (Wildman–Crippen MR) is 98.4 cm³/mol. The van der Waals surface area contributed by atoms with Crippen LogP contribution in [0.4, 0.5) is 0 Å². The highest BCUT2D eigenvalue weighted by Crippen LogP contribution is 2.22. The van der Waals surface area contributed by atoms with E-state index in [0.717, 1.165) is 43.2 Å². The third-order valence-electron chi connectivity index (χ3n) is 4.93. The first-order valence-electron chi connectivity index (χ1n) is 8.95. The van der Waals surface area contributed by atoms with Gasteiger partial charge < -0.3 is 14.5 Å². The summed E-state index contributed by atoms with van der Waals surface area (Å²) in [4.78, 5) is 21.0. The minimum absolute atomic E-state index is 0.176. The van der Waals surface area contributed by atoms with Crippen molar-refractivity contribution in [2.75, 3.05) is 7.11 Å². The average Bonchev–Trinajstić information content (AvgIpc) is 3.16. The zero-order valence-corrected chi connectivity index (χ0v) is 14.7. The lowest BCUT2D eigenvalue weighted by Gasteiger charge is -2.11. The van der Waals surface area contributed by atoms with Gasteiger partial charge in [-0.2, -0.15) is 0 Å². The molecule has 2 unspecified atom stereocenters. The molecule has 2 aliphatic rings. The zero-order chi connectivity index (χ0) is 17.9. The topological polar surface area (TPSA) is 88.8 Å². The van der Waals surface area contributed by atoms with Gasteiger partial charge in [-0.15, -0.1) is 0 Å². The first-order chi connectivity index (χ1) is 12.7. The number of methoxy groups -OCH3 is 1. The highest BCUT2D eigenvalue weighted by Gasteiger charge is 2.24. The van der Waals surface area contributed by atoms with Gasteiger partial charge in [0, 0.05) is 7.11 Å². The highest BCUT2D eigenvalue weighted by atomic mass is 16.5. The fourth-order valence-electron chi connectivity index (χ4n) is 3.48. The van der Waals surface area contributed by atoms with E-state index in [4.69, 9.17) is 14.1 Å². The van der Waals surface area contributed by atoms with Crippen molar-refractivity contribution in [2.24, 2.45) is 4.99 Å². The molecule has 4 rings (SSSR count). The number of fused-ring (bicyclic) bond motifs is 1. The molecular formula is C19H22N4O3. The number of aliphatic imine (C=N–C) groups is 1. The summed E-state index contributed by atoms with van der Waals surface area (Å²) in [6.07, 6.45) is 8.68. The quantitative estimate of drug-likeness (QED) is 0.653. The summed E-state index contributed by atoms with van der Waals surface area (Å²) >= 11 is 0. The first-order valence-corrected chi connectivity index (χ1v) is 8.95. The number of carbonyl (C=O) groups excluding carboxylic acids is 1. The Labute approximate surface area is 151 Å². The second kappa shape index (κ2) is 7.29. The first kappa shape index (κ1) is 16.8. The molecule has 7 nitrogen and oxygen atoms in total. The number of ether oxygens (including phenoxy) is 1. The van der Waals surface area contributed by atoms with E-state index in [1.807, 2.05) is 18.2 Å². The molecule has 7 heteroatoms. The predicted octanol–water partition coefficient (Wildman–Crippen LogP) is 2.59. The summed E-state index contributed by atoms with van der Waals surface area (Å²) in [5.74, 6) is 0.354. The van der Waals surface area contributed by atoms with Gasteiger partial charge in [0.05, 0.1) is 12.1 Å². The minimum atomic E-state index is -0.176. The van der Waals surface area contributed by atoms with Crippen LogP contribution < -0.4 is 10.6 Å². The molecule has 1 aliphatic heterocycles. The van der Waals surface area contributed by atoms with Crippen molar-refractivity contribution in [2.45, 2.75) is 44.2 Å². The Morgan fingerprint density at radius 2 is 2.19 bits per heavy atom. The third-order valence-corrected chi connectivity index (χ3v) is 4.93. The van der Waals surface area contributed by atoms with Crippen LogP contribution in [-0.2, 0) is 9.53 Å². The van der Waals surface area contributed by atoms with Crippen LogP contribution in [-0.4, -0.2) is 36.1 Å². The van der Waals surface area contributed by atoms with E-state index in [2.05, 4.69) is 15.6 Å². The number of guanidine groups is 1. The number of hydrogen-bond acceptors (Lipinski definition) is 5. The molecule has 1 amide bonds. The summed E-state index contributed by atoms with van der Waals surface area (Å²) in [7, 11) is 1.77. The standard InChI is InChI=1S/C19H22N4O3/c1-25-14-4-2-3-13(6-7-14)21-19-22-16(18(24)23-19)9-12-5-8-15-17(10-12)26-11-20-15/h5,8-11,13-14H,2-4,6-7H2,1H3,(H2,21,22,23,24)/b16-9-. The summed E-state index contributed by atoms with van der Waals surface area (Å²) in [5, 5.41) is 5.91. The maximum Gasteiger partial charge on any atom is 0.274 e. The van der Waals surface area contributed by atoms with Crippen molar-refractivity contribution in [1.29, 1.82) is 0 Å².